The summed E-state index contributed by atoms with van der Waals surface area (Å²) in [6.45, 7) is 30.6. The fourth-order valence-corrected chi connectivity index (χ4v) is 18.8. The number of benzene rings is 3. The van der Waals surface area contributed by atoms with E-state index in [-0.39, 0.29) is 187 Å². The fourth-order valence-electron chi connectivity index (χ4n) is 16.4. The average Bonchev–Trinajstić information content (AvgIpc) is 0.728. The third kappa shape index (κ3) is 17.9. The van der Waals surface area contributed by atoms with E-state index >= 15 is 8.78 Å². The predicted octanol–water partition coefficient (Wildman–Crippen LogP) is 20.1. The number of rotatable bonds is 15. The van der Waals surface area contributed by atoms with Crippen LogP contribution in [0.4, 0.5) is 39.0 Å². The maximum atomic E-state index is 15.5. The van der Waals surface area contributed by atoms with Gasteiger partial charge in [-0.3, -0.25) is 57.4 Å². The Hall–Kier alpha value is -12.4. The Bertz CT molecular complexity index is 6650. The third-order valence-electron chi connectivity index (χ3n) is 23.0. The van der Waals surface area contributed by atoms with Crippen LogP contribution in [0.5, 0.6) is 17.2 Å². The summed E-state index contributed by atoms with van der Waals surface area (Å²) in [5, 5.41) is 57.7. The number of nitriles is 3. The van der Waals surface area contributed by atoms with Gasteiger partial charge in [-0.25, -0.2) is 36.9 Å². The molecular formula is C93H75Cl10F5N18O9. The summed E-state index contributed by atoms with van der Waals surface area (Å²) in [6, 6.07) is 15.5. The number of halogens is 15. The molecule has 12 aromatic rings. The van der Waals surface area contributed by atoms with E-state index in [4.69, 9.17) is 121 Å². The van der Waals surface area contributed by atoms with Crippen LogP contribution in [0.15, 0.2) is 107 Å². The molecule has 3 amide bonds. The van der Waals surface area contributed by atoms with Crippen molar-refractivity contribution in [3.05, 3.63) is 254 Å². The molecule has 0 spiro atoms. The highest BCUT2D eigenvalue weighted by molar-refractivity contribution is 6.47. The molecule has 27 nitrogen and oxygen atoms in total. The van der Waals surface area contributed by atoms with Crippen molar-refractivity contribution in [2.24, 2.45) is 0 Å². The molecule has 3 aromatic carbocycles. The fraction of sp³-hybridized carbons (Fsp3) is 0.258. The largest absolute Gasteiger partial charge is 0.506 e. The van der Waals surface area contributed by atoms with E-state index < -0.39 is 109 Å². The average molecular weight is 2040 g/mol. The van der Waals surface area contributed by atoms with Crippen molar-refractivity contribution in [3.8, 4) is 86.3 Å². The number of aromatic hydroxyl groups is 3. The van der Waals surface area contributed by atoms with Crippen LogP contribution >= 0.6 is 116 Å². The lowest BCUT2D eigenvalue weighted by atomic mass is 10.0. The first kappa shape index (κ1) is 100. The Morgan fingerprint density at radius 2 is 0.630 bits per heavy atom. The van der Waals surface area contributed by atoms with Gasteiger partial charge in [-0.15, -0.1) is 0 Å². The first-order chi connectivity index (χ1) is 64.0. The molecule has 3 aliphatic heterocycles. The van der Waals surface area contributed by atoms with Crippen LogP contribution in [0.25, 0.3) is 83.9 Å². The lowest BCUT2D eigenvalue weighted by Crippen LogP contribution is -2.49. The zero-order valence-electron chi connectivity index (χ0n) is 72.8. The van der Waals surface area contributed by atoms with Gasteiger partial charge in [0, 0.05) is 113 Å². The van der Waals surface area contributed by atoms with E-state index in [2.05, 4.69) is 50.7 Å². The molecule has 696 valence electrons. The summed E-state index contributed by atoms with van der Waals surface area (Å²) in [5.74, 6) is -10.8. The highest BCUT2D eigenvalue weighted by Gasteiger charge is 2.38. The highest BCUT2D eigenvalue weighted by atomic mass is 35.5. The van der Waals surface area contributed by atoms with E-state index in [1.807, 2.05) is 58.6 Å². The number of anilines is 3. The standard InChI is InChI=1S/C31H25Cl4FN6O3.2C31H25Cl3F2N6O3/c1-5-19(43)40-8-10-41(11-9-40)28-16-12-18(32)26(20-21(33)22(34)24(36)23(35)29(20)44)39-30(16)42(31(45)17(28)13-37)27-15(4)6-7-38-25(27)14(2)3;2*1-5-19(43)40-8-10-41(11-9-40)28-16-12-18(32)26(20-21(33)24(36)22(34)29(44)23(20)35)39-30(16)42(31(45)17(28)13-37)27-15(4)6-7-38-25(27)14(2)3/h3*5-7,12,14,44H,1,8-11H2,2-4H3. The molecule has 0 bridgehead atoms. The summed E-state index contributed by atoms with van der Waals surface area (Å²) in [5.41, 5.74) is 0.0989. The molecule has 135 heavy (non-hydrogen) atoms. The minimum absolute atomic E-state index is 0.0543. The van der Waals surface area contributed by atoms with Gasteiger partial charge in [0.05, 0.1) is 120 Å². The molecule has 9 aromatic heterocycles. The minimum atomic E-state index is -1.37. The molecule has 0 aliphatic carbocycles. The number of amides is 3. The maximum Gasteiger partial charge on any atom is 0.276 e. The van der Waals surface area contributed by atoms with E-state index in [0.717, 1.165) is 0 Å². The number of aromatic nitrogens is 9. The summed E-state index contributed by atoms with van der Waals surface area (Å²) in [7, 11) is 0. The van der Waals surface area contributed by atoms with Gasteiger partial charge in [0.2, 0.25) is 17.7 Å². The number of nitrogens with zero attached hydrogens (tertiary/aromatic N) is 18. The number of piperazine rings is 3. The lowest BCUT2D eigenvalue weighted by Gasteiger charge is -2.36. The molecule has 0 atom stereocenters. The number of phenolic OH excluding ortho intramolecular Hbond substituents is 3. The predicted molar refractivity (Wildman–Crippen MR) is 514 cm³/mol. The maximum absolute atomic E-state index is 15.5. The van der Waals surface area contributed by atoms with Crippen molar-refractivity contribution in [3.63, 3.8) is 0 Å². The van der Waals surface area contributed by atoms with Gasteiger partial charge in [0.15, 0.2) is 40.6 Å². The lowest BCUT2D eigenvalue weighted by molar-refractivity contribution is -0.127. The van der Waals surface area contributed by atoms with Gasteiger partial charge < -0.3 is 44.7 Å². The van der Waals surface area contributed by atoms with Crippen molar-refractivity contribution in [2.75, 3.05) is 93.2 Å². The number of fused-ring (bicyclic) bond motifs is 3. The number of aryl methyl sites for hydroxylation is 3. The van der Waals surface area contributed by atoms with Crippen molar-refractivity contribution in [1.29, 1.82) is 15.8 Å². The number of pyridine rings is 9. The van der Waals surface area contributed by atoms with Crippen LogP contribution in [0.2, 0.25) is 50.2 Å². The van der Waals surface area contributed by atoms with Crippen molar-refractivity contribution in [1.82, 2.24) is 58.3 Å². The number of hydrogen-bond donors (Lipinski definition) is 3. The van der Waals surface area contributed by atoms with E-state index in [0.29, 0.717) is 82.4 Å². The van der Waals surface area contributed by atoms with Crippen molar-refractivity contribution < 1.29 is 51.7 Å². The van der Waals surface area contributed by atoms with Crippen LogP contribution in [-0.4, -0.2) is 170 Å². The molecule has 0 radical (unpaired) electrons. The van der Waals surface area contributed by atoms with E-state index in [1.165, 1.54) is 50.1 Å². The third-order valence-corrected chi connectivity index (χ3v) is 26.5. The second kappa shape index (κ2) is 40.3. The second-order valence-corrected chi connectivity index (χ2v) is 35.9. The molecule has 3 fully saturated rings. The number of carbonyl (C=O) groups is 3. The zero-order valence-corrected chi connectivity index (χ0v) is 80.3. The number of hydrogen-bond acceptors (Lipinski definition) is 21. The highest BCUT2D eigenvalue weighted by Crippen LogP contribution is 2.52. The van der Waals surface area contributed by atoms with Gasteiger partial charge in [-0.2, -0.15) is 15.8 Å². The first-order valence-electron chi connectivity index (χ1n) is 41.1. The Labute approximate surface area is 817 Å². The van der Waals surface area contributed by atoms with E-state index in [9.17, 15) is 73.0 Å². The minimum Gasteiger partial charge on any atom is -0.506 e. The van der Waals surface area contributed by atoms with E-state index in [1.54, 1.807) is 82.1 Å². The van der Waals surface area contributed by atoms with Gasteiger partial charge in [-0.05, 0) is 110 Å². The molecular weight excluding hydrogens is 1960 g/mol. The molecule has 42 heteroatoms. The molecule has 15 rings (SSSR count). The monoisotopic (exact) mass is 2030 g/mol. The van der Waals surface area contributed by atoms with Gasteiger partial charge in [0.25, 0.3) is 16.7 Å². The molecule has 0 saturated carbocycles. The quantitative estimate of drug-likeness (QED) is 0.0371. The summed E-state index contributed by atoms with van der Waals surface area (Å²) >= 11 is 62.5. The van der Waals surface area contributed by atoms with Crippen LogP contribution in [-0.2, 0) is 14.4 Å². The topological polar surface area (TPSA) is 346 Å². The van der Waals surface area contributed by atoms with Crippen LogP contribution < -0.4 is 31.4 Å². The first-order valence-corrected chi connectivity index (χ1v) is 44.9. The smallest absolute Gasteiger partial charge is 0.276 e. The molecule has 3 N–H and O–H groups in total. The normalized spacial score (nSPS) is 13.4. The summed E-state index contributed by atoms with van der Waals surface area (Å²) in [6.07, 6.45) is 8.46. The Kier molecular flexibility index (Phi) is 29.9. The SMILES string of the molecule is C=CC(=O)N1CCN(c2c(C#N)c(=O)n(-c3c(C)ccnc3C(C)C)c3nc(-c4c(F)c(O)c(Cl)c(F)c4Cl)c(Cl)cc23)CC1.C=CC(=O)N1CCN(c2c(C#N)c(=O)n(-c3c(C)ccnc3C(C)C)c3nc(-c4c(F)c(O)c(Cl)c(F)c4Cl)c(Cl)cc23)CC1.C=CC(=O)N1CCN(c2c(C#N)c(=O)n(-c3c(C)ccnc3C(C)C)c3nc(-c4c(O)c(Cl)c(F)c(Cl)c4Cl)c(Cl)cc23)CC1. The summed E-state index contributed by atoms with van der Waals surface area (Å²) in [4.78, 5) is 117. The van der Waals surface area contributed by atoms with Crippen LogP contribution in [0, 0.1) is 83.9 Å². The number of carbonyl (C=O) groups excluding carboxylic acids is 3. The number of phenols is 3. The summed E-state index contributed by atoms with van der Waals surface area (Å²) < 4.78 is 79.0. The second-order valence-electron chi connectivity index (χ2n) is 32.0. The Morgan fingerprint density at radius 1 is 0.378 bits per heavy atom. The molecule has 3 aliphatic rings. The van der Waals surface area contributed by atoms with Gasteiger partial charge in [0.1, 0.15) is 72.7 Å². The zero-order chi connectivity index (χ0) is 98.7. The molecule has 3 saturated heterocycles. The Balaban J connectivity index is 0.000000171. The van der Waals surface area contributed by atoms with Crippen LogP contribution in [0.3, 0.4) is 0 Å². The van der Waals surface area contributed by atoms with Gasteiger partial charge in [-0.1, -0.05) is 177 Å². The van der Waals surface area contributed by atoms with Crippen molar-refractivity contribution in [2.45, 2.75) is 80.1 Å². The molecule has 12 heterocycles. The molecule has 0 unspecified atom stereocenters. The van der Waals surface area contributed by atoms with Crippen LogP contribution in [0.1, 0.15) is 110 Å². The van der Waals surface area contributed by atoms with Crippen molar-refractivity contribution >= 4 is 184 Å². The van der Waals surface area contributed by atoms with Gasteiger partial charge >= 0.3 is 0 Å². The Morgan fingerprint density at radius 3 is 0.881 bits per heavy atom.